The van der Waals surface area contributed by atoms with Crippen LogP contribution < -0.4 is 5.73 Å². The first kappa shape index (κ1) is 7.36. The molecule has 1 aromatic heterocycles. The van der Waals surface area contributed by atoms with E-state index in [1.807, 2.05) is 0 Å². The Bertz CT molecular complexity index is 399. The number of rotatable bonds is 0. The fourth-order valence-corrected chi connectivity index (χ4v) is 1.93. The second-order valence-electron chi connectivity index (χ2n) is 2.47. The van der Waals surface area contributed by atoms with Gasteiger partial charge in [0.25, 0.3) is 0 Å². The first-order valence-electron chi connectivity index (χ1n) is 3.35. The number of hydrogen-bond donors (Lipinski definition) is 2. The highest BCUT2D eigenvalue weighted by Crippen LogP contribution is 2.35. The Morgan fingerprint density at radius 1 is 1.42 bits per heavy atom. The van der Waals surface area contributed by atoms with Crippen LogP contribution in [0.5, 0.6) is 5.75 Å². The van der Waals surface area contributed by atoms with Crippen LogP contribution >= 0.6 is 11.3 Å². The van der Waals surface area contributed by atoms with E-state index in [9.17, 15) is 9.50 Å². The van der Waals surface area contributed by atoms with Crippen molar-refractivity contribution in [3.8, 4) is 5.75 Å². The summed E-state index contributed by atoms with van der Waals surface area (Å²) in [7, 11) is 0. The molecule has 0 radical (unpaired) electrons. The van der Waals surface area contributed by atoms with E-state index in [1.54, 1.807) is 6.07 Å². The molecular weight excluding hydrogens is 177 g/mol. The van der Waals surface area contributed by atoms with Crippen molar-refractivity contribution in [3.63, 3.8) is 0 Å². The van der Waals surface area contributed by atoms with Crippen LogP contribution in [0.4, 0.5) is 10.1 Å². The van der Waals surface area contributed by atoms with Gasteiger partial charge in [-0.05, 0) is 18.2 Å². The van der Waals surface area contributed by atoms with Gasteiger partial charge in [-0.15, -0.1) is 11.3 Å². The molecule has 2 aromatic rings. The normalized spacial score (nSPS) is 10.8. The Morgan fingerprint density at radius 3 is 2.83 bits per heavy atom. The second kappa shape index (κ2) is 2.35. The van der Waals surface area contributed by atoms with Crippen molar-refractivity contribution >= 4 is 27.1 Å². The number of phenolic OH excluding ortho intramolecular Hbond substituents is 1. The zero-order valence-electron chi connectivity index (χ0n) is 6.04. The lowest BCUT2D eigenvalue weighted by molar-refractivity contribution is 0.481. The molecule has 1 aromatic carbocycles. The largest absolute Gasteiger partial charge is 0.507 e. The van der Waals surface area contributed by atoms with E-state index in [1.165, 1.54) is 12.1 Å². The van der Waals surface area contributed by atoms with E-state index < -0.39 is 0 Å². The van der Waals surface area contributed by atoms with E-state index in [-0.39, 0.29) is 10.9 Å². The molecule has 3 N–H and O–H groups in total. The zero-order chi connectivity index (χ0) is 8.72. The lowest BCUT2D eigenvalue weighted by Gasteiger charge is -1.96. The van der Waals surface area contributed by atoms with Gasteiger partial charge in [0.1, 0.15) is 5.75 Å². The summed E-state index contributed by atoms with van der Waals surface area (Å²) < 4.78 is 13.3. The number of halogens is 1. The standard InChI is InChI=1S/C8H6FNOS/c9-7-3-4-6(11)2-1-5(10)8(4)12-7/h1-3,11H,10H2. The van der Waals surface area contributed by atoms with Gasteiger partial charge < -0.3 is 10.8 Å². The van der Waals surface area contributed by atoms with E-state index >= 15 is 0 Å². The minimum absolute atomic E-state index is 0.0688. The molecule has 0 aliphatic carbocycles. The molecule has 4 heteroatoms. The Labute approximate surface area is 72.1 Å². The molecule has 0 unspecified atom stereocenters. The van der Waals surface area contributed by atoms with Crippen LogP contribution in [0.3, 0.4) is 0 Å². The van der Waals surface area contributed by atoms with Gasteiger partial charge in [0.15, 0.2) is 5.13 Å². The van der Waals surface area contributed by atoms with E-state index in [0.29, 0.717) is 15.8 Å². The van der Waals surface area contributed by atoms with E-state index in [4.69, 9.17) is 5.73 Å². The summed E-state index contributed by atoms with van der Waals surface area (Å²) in [5.74, 6) is 0.0688. The monoisotopic (exact) mass is 183 g/mol. The lowest BCUT2D eigenvalue weighted by atomic mass is 10.2. The molecule has 0 aliphatic rings. The topological polar surface area (TPSA) is 46.2 Å². The highest BCUT2D eigenvalue weighted by atomic mass is 32.1. The van der Waals surface area contributed by atoms with Gasteiger partial charge in [-0.1, -0.05) is 0 Å². The first-order valence-corrected chi connectivity index (χ1v) is 4.16. The number of thiophene rings is 1. The second-order valence-corrected chi connectivity index (χ2v) is 3.47. The maximum atomic E-state index is 12.7. The quantitative estimate of drug-likeness (QED) is 0.486. The van der Waals surface area contributed by atoms with Crippen molar-refractivity contribution in [3.05, 3.63) is 23.3 Å². The number of nitrogens with two attached hydrogens (primary N) is 1. The van der Waals surface area contributed by atoms with Crippen LogP contribution in [0.15, 0.2) is 18.2 Å². The zero-order valence-corrected chi connectivity index (χ0v) is 6.86. The highest BCUT2D eigenvalue weighted by molar-refractivity contribution is 7.18. The third-order valence-electron chi connectivity index (χ3n) is 1.66. The fourth-order valence-electron chi connectivity index (χ4n) is 1.10. The number of nitrogen functional groups attached to an aromatic ring is 1. The maximum Gasteiger partial charge on any atom is 0.177 e. The lowest BCUT2D eigenvalue weighted by Crippen LogP contribution is -1.82. The average molecular weight is 183 g/mol. The van der Waals surface area contributed by atoms with Crippen molar-refractivity contribution in [2.75, 3.05) is 5.73 Å². The Morgan fingerprint density at radius 2 is 2.17 bits per heavy atom. The molecule has 0 saturated carbocycles. The summed E-state index contributed by atoms with van der Waals surface area (Å²) in [6, 6.07) is 4.31. The van der Waals surface area contributed by atoms with Gasteiger partial charge in [-0.25, -0.2) is 0 Å². The summed E-state index contributed by atoms with van der Waals surface area (Å²) in [6.45, 7) is 0. The molecule has 0 amide bonds. The smallest absolute Gasteiger partial charge is 0.177 e. The van der Waals surface area contributed by atoms with Crippen LogP contribution in [0.1, 0.15) is 0 Å². The van der Waals surface area contributed by atoms with Crippen molar-refractivity contribution in [1.29, 1.82) is 0 Å². The summed E-state index contributed by atoms with van der Waals surface area (Å²) >= 11 is 0.941. The molecule has 0 bridgehead atoms. The molecule has 0 atom stereocenters. The fraction of sp³-hybridized carbons (Fsp3) is 0. The summed E-state index contributed by atoms with van der Waals surface area (Å²) in [4.78, 5) is 0. The van der Waals surface area contributed by atoms with Crippen LogP contribution in [0, 0.1) is 5.13 Å². The molecular formula is C8H6FNOS. The highest BCUT2D eigenvalue weighted by Gasteiger charge is 2.07. The van der Waals surface area contributed by atoms with Crippen LogP contribution in [-0.2, 0) is 0 Å². The van der Waals surface area contributed by atoms with Crippen molar-refractivity contribution in [2.24, 2.45) is 0 Å². The molecule has 0 aliphatic heterocycles. The third-order valence-corrected chi connectivity index (χ3v) is 2.63. The summed E-state index contributed by atoms with van der Waals surface area (Å²) in [5.41, 5.74) is 6.07. The van der Waals surface area contributed by atoms with Gasteiger partial charge in [0.05, 0.1) is 4.70 Å². The van der Waals surface area contributed by atoms with Crippen LogP contribution in [0.25, 0.3) is 10.1 Å². The van der Waals surface area contributed by atoms with Gasteiger partial charge >= 0.3 is 0 Å². The minimum atomic E-state index is -0.335. The predicted octanol–water partition coefficient (Wildman–Crippen LogP) is 2.33. The molecule has 12 heavy (non-hydrogen) atoms. The SMILES string of the molecule is Nc1ccc(O)c2cc(F)sc12. The van der Waals surface area contributed by atoms with E-state index in [0.717, 1.165) is 11.3 Å². The molecule has 0 fully saturated rings. The molecule has 62 valence electrons. The van der Waals surface area contributed by atoms with Gasteiger partial charge in [0.2, 0.25) is 0 Å². The minimum Gasteiger partial charge on any atom is -0.507 e. The molecule has 2 nitrogen and oxygen atoms in total. The van der Waals surface area contributed by atoms with Gasteiger partial charge in [0, 0.05) is 11.1 Å². The first-order chi connectivity index (χ1) is 5.68. The Hall–Kier alpha value is -1.29. The third kappa shape index (κ3) is 0.921. The number of fused-ring (bicyclic) bond motifs is 1. The number of benzene rings is 1. The number of hydrogen-bond acceptors (Lipinski definition) is 3. The number of anilines is 1. The van der Waals surface area contributed by atoms with Gasteiger partial charge in [-0.3, -0.25) is 0 Å². The maximum absolute atomic E-state index is 12.7. The summed E-state index contributed by atoms with van der Waals surface area (Å²) in [5, 5.41) is 9.44. The number of phenols is 1. The van der Waals surface area contributed by atoms with Crippen molar-refractivity contribution in [2.45, 2.75) is 0 Å². The molecule has 0 saturated heterocycles. The number of aromatic hydroxyl groups is 1. The van der Waals surface area contributed by atoms with Crippen molar-refractivity contribution in [1.82, 2.24) is 0 Å². The molecule has 2 rings (SSSR count). The van der Waals surface area contributed by atoms with E-state index in [2.05, 4.69) is 0 Å². The van der Waals surface area contributed by atoms with Crippen molar-refractivity contribution < 1.29 is 9.50 Å². The average Bonchev–Trinajstić information content (AvgIpc) is 2.41. The Kier molecular flexibility index (Phi) is 1.44. The summed E-state index contributed by atoms with van der Waals surface area (Å²) in [6.07, 6.45) is 0. The molecule has 1 heterocycles. The molecule has 0 spiro atoms. The van der Waals surface area contributed by atoms with Crippen LogP contribution in [0.2, 0.25) is 0 Å². The predicted molar refractivity (Wildman–Crippen MR) is 47.9 cm³/mol. The van der Waals surface area contributed by atoms with Crippen LogP contribution in [-0.4, -0.2) is 5.11 Å². The van der Waals surface area contributed by atoms with Gasteiger partial charge in [-0.2, -0.15) is 4.39 Å². The Balaban J connectivity index is 2.93.